The minimum absolute atomic E-state index is 0.247. The Kier molecular flexibility index (Phi) is 13.4. The number of hydrogen-bond donors (Lipinski definition) is 0. The van der Waals surface area contributed by atoms with E-state index >= 15 is 0 Å². The third kappa shape index (κ3) is 11.2. The second-order valence-electron chi connectivity index (χ2n) is 6.38. The third-order valence-corrected chi connectivity index (χ3v) is 4.68. The quantitative estimate of drug-likeness (QED) is 0.186. The predicted octanol–water partition coefficient (Wildman–Crippen LogP) is 6.54. The Morgan fingerprint density at radius 2 is 1.44 bits per heavy atom. The lowest BCUT2D eigenvalue weighted by Gasteiger charge is -2.08. The minimum atomic E-state index is -0.247. The Bertz CT molecular complexity index is 445. The van der Waals surface area contributed by atoms with Crippen LogP contribution in [0.2, 0.25) is 0 Å². The van der Waals surface area contributed by atoms with Crippen molar-refractivity contribution in [2.75, 3.05) is 18.5 Å². The molecule has 1 aromatic carbocycles. The zero-order valence-corrected chi connectivity index (χ0v) is 17.2. The number of rotatable bonds is 15. The number of benzene rings is 1. The van der Waals surface area contributed by atoms with Crippen molar-refractivity contribution in [1.82, 2.24) is 0 Å². The number of alkyl halides is 1. The summed E-state index contributed by atoms with van der Waals surface area (Å²) in [5.41, 5.74) is 0.590. The summed E-state index contributed by atoms with van der Waals surface area (Å²) < 4.78 is 11.0. The van der Waals surface area contributed by atoms with Crippen LogP contribution in [0, 0.1) is 0 Å². The summed E-state index contributed by atoms with van der Waals surface area (Å²) in [4.78, 5) is 12.0. The molecule has 1 aromatic rings. The van der Waals surface area contributed by atoms with Gasteiger partial charge < -0.3 is 9.47 Å². The second kappa shape index (κ2) is 15.2. The molecule has 25 heavy (non-hydrogen) atoms. The molecule has 0 atom stereocenters. The van der Waals surface area contributed by atoms with Crippen LogP contribution >= 0.6 is 15.9 Å². The van der Waals surface area contributed by atoms with Crippen molar-refractivity contribution in [1.29, 1.82) is 0 Å². The fraction of sp³-hybridized carbons (Fsp3) is 0.667. The van der Waals surface area contributed by atoms with E-state index in [1.165, 1.54) is 44.9 Å². The van der Waals surface area contributed by atoms with Crippen LogP contribution < -0.4 is 4.74 Å². The van der Waals surface area contributed by atoms with Gasteiger partial charge in [-0.2, -0.15) is 0 Å². The van der Waals surface area contributed by atoms with Gasteiger partial charge in [0.2, 0.25) is 0 Å². The highest BCUT2D eigenvalue weighted by Crippen LogP contribution is 2.14. The van der Waals surface area contributed by atoms with Crippen LogP contribution in [0.15, 0.2) is 24.3 Å². The number of esters is 1. The fourth-order valence-corrected chi connectivity index (χ4v) is 2.95. The average molecular weight is 413 g/mol. The number of carbonyl (C=O) groups is 1. The summed E-state index contributed by atoms with van der Waals surface area (Å²) in [5, 5.41) is 1.04. The number of ether oxygens (including phenoxy) is 2. The molecule has 3 nitrogen and oxygen atoms in total. The molecule has 0 aromatic heterocycles. The Morgan fingerprint density at radius 1 is 0.840 bits per heavy atom. The van der Waals surface area contributed by atoms with Crippen molar-refractivity contribution in [3.8, 4) is 5.75 Å². The molecule has 0 fully saturated rings. The molecule has 0 unspecified atom stereocenters. The third-order valence-electron chi connectivity index (χ3n) is 4.12. The minimum Gasteiger partial charge on any atom is -0.494 e. The van der Waals surface area contributed by atoms with E-state index in [1.807, 2.05) is 12.1 Å². The predicted molar refractivity (Wildman–Crippen MR) is 108 cm³/mol. The van der Waals surface area contributed by atoms with Crippen molar-refractivity contribution in [3.05, 3.63) is 29.8 Å². The zero-order valence-electron chi connectivity index (χ0n) is 15.6. The molecule has 1 rings (SSSR count). The van der Waals surface area contributed by atoms with Crippen molar-refractivity contribution in [2.45, 2.75) is 71.1 Å². The maximum absolute atomic E-state index is 12.0. The van der Waals surface area contributed by atoms with E-state index in [9.17, 15) is 4.79 Å². The first-order chi connectivity index (χ1) is 12.3. The Labute approximate surface area is 161 Å². The molecule has 0 aliphatic carbocycles. The van der Waals surface area contributed by atoms with Gasteiger partial charge in [-0.05, 0) is 43.5 Å². The number of hydrogen-bond acceptors (Lipinski definition) is 3. The molecule has 0 saturated carbocycles. The Morgan fingerprint density at radius 3 is 2.12 bits per heavy atom. The highest BCUT2D eigenvalue weighted by atomic mass is 79.9. The molecule has 0 aliphatic heterocycles. The molecule has 0 spiro atoms. The van der Waals surface area contributed by atoms with E-state index in [2.05, 4.69) is 22.9 Å². The van der Waals surface area contributed by atoms with Crippen LogP contribution in [0.4, 0.5) is 0 Å². The van der Waals surface area contributed by atoms with Crippen molar-refractivity contribution in [3.63, 3.8) is 0 Å². The highest BCUT2D eigenvalue weighted by Gasteiger charge is 2.07. The molecular weight excluding hydrogens is 380 g/mol. The fourth-order valence-electron chi connectivity index (χ4n) is 2.56. The van der Waals surface area contributed by atoms with Gasteiger partial charge in [-0.1, -0.05) is 67.8 Å². The molecule has 0 bridgehead atoms. The Hall–Kier alpha value is -1.03. The van der Waals surface area contributed by atoms with E-state index in [0.717, 1.165) is 36.9 Å². The van der Waals surface area contributed by atoms with Crippen LogP contribution in [-0.4, -0.2) is 24.5 Å². The van der Waals surface area contributed by atoms with E-state index in [0.29, 0.717) is 12.2 Å². The molecule has 0 heterocycles. The van der Waals surface area contributed by atoms with Crippen LogP contribution in [-0.2, 0) is 4.74 Å². The van der Waals surface area contributed by atoms with Crippen molar-refractivity contribution < 1.29 is 14.3 Å². The number of unbranched alkanes of at least 4 members (excludes halogenated alkanes) is 8. The molecular formula is C21H33BrO3. The summed E-state index contributed by atoms with van der Waals surface area (Å²) in [5.74, 6) is 0.572. The van der Waals surface area contributed by atoms with Gasteiger partial charge in [0.05, 0.1) is 18.8 Å². The number of carbonyl (C=O) groups excluding carboxylic acids is 1. The van der Waals surface area contributed by atoms with Gasteiger partial charge in [-0.25, -0.2) is 4.79 Å². The first-order valence-electron chi connectivity index (χ1n) is 9.74. The summed E-state index contributed by atoms with van der Waals surface area (Å²) in [6.07, 6.45) is 11.9. The van der Waals surface area contributed by atoms with Gasteiger partial charge in [0, 0.05) is 5.33 Å². The van der Waals surface area contributed by atoms with Gasteiger partial charge in [-0.15, -0.1) is 0 Å². The molecule has 0 aliphatic rings. The standard InChI is InChI=1S/C21H33BrO3/c1-2-3-4-5-7-10-17-24-20-14-12-19(13-15-20)21(23)25-18-11-8-6-9-16-22/h12-15H,2-11,16-18H2,1H3. The van der Waals surface area contributed by atoms with E-state index < -0.39 is 0 Å². The molecule has 4 heteroatoms. The maximum atomic E-state index is 12.0. The normalized spacial score (nSPS) is 10.6. The first-order valence-corrected chi connectivity index (χ1v) is 10.9. The van der Waals surface area contributed by atoms with Gasteiger partial charge in [0.15, 0.2) is 0 Å². The molecule has 0 amide bonds. The van der Waals surface area contributed by atoms with Crippen LogP contribution in [0.3, 0.4) is 0 Å². The second-order valence-corrected chi connectivity index (χ2v) is 7.17. The van der Waals surface area contributed by atoms with Crippen molar-refractivity contribution in [2.24, 2.45) is 0 Å². The smallest absolute Gasteiger partial charge is 0.338 e. The summed E-state index contributed by atoms with van der Waals surface area (Å²) >= 11 is 3.41. The molecule has 142 valence electrons. The molecule has 0 radical (unpaired) electrons. The monoisotopic (exact) mass is 412 g/mol. The SMILES string of the molecule is CCCCCCCCOc1ccc(C(=O)OCCCCCCBr)cc1. The lowest BCUT2D eigenvalue weighted by atomic mass is 10.1. The highest BCUT2D eigenvalue weighted by molar-refractivity contribution is 9.09. The summed E-state index contributed by atoms with van der Waals surface area (Å²) in [7, 11) is 0. The topological polar surface area (TPSA) is 35.5 Å². The average Bonchev–Trinajstić information content (AvgIpc) is 2.64. The lowest BCUT2D eigenvalue weighted by Crippen LogP contribution is -2.06. The van der Waals surface area contributed by atoms with Crippen LogP contribution in [0.1, 0.15) is 81.5 Å². The van der Waals surface area contributed by atoms with Gasteiger partial charge in [0.25, 0.3) is 0 Å². The lowest BCUT2D eigenvalue weighted by molar-refractivity contribution is 0.0498. The largest absolute Gasteiger partial charge is 0.494 e. The van der Waals surface area contributed by atoms with E-state index in [1.54, 1.807) is 12.1 Å². The molecule has 0 saturated heterocycles. The summed E-state index contributed by atoms with van der Waals surface area (Å²) in [6, 6.07) is 7.26. The van der Waals surface area contributed by atoms with E-state index in [4.69, 9.17) is 9.47 Å². The van der Waals surface area contributed by atoms with Gasteiger partial charge in [0.1, 0.15) is 5.75 Å². The van der Waals surface area contributed by atoms with Crippen LogP contribution in [0.5, 0.6) is 5.75 Å². The zero-order chi connectivity index (χ0) is 18.2. The molecule has 0 N–H and O–H groups in total. The Balaban J connectivity index is 2.14. The summed E-state index contributed by atoms with van der Waals surface area (Å²) in [6.45, 7) is 3.47. The first kappa shape index (κ1) is 22.0. The van der Waals surface area contributed by atoms with Gasteiger partial charge in [-0.3, -0.25) is 0 Å². The number of halogens is 1. The van der Waals surface area contributed by atoms with Crippen molar-refractivity contribution >= 4 is 21.9 Å². The van der Waals surface area contributed by atoms with E-state index in [-0.39, 0.29) is 5.97 Å². The van der Waals surface area contributed by atoms with Gasteiger partial charge >= 0.3 is 5.97 Å². The maximum Gasteiger partial charge on any atom is 0.338 e. The van der Waals surface area contributed by atoms with Crippen LogP contribution in [0.25, 0.3) is 0 Å².